The predicted octanol–water partition coefficient (Wildman–Crippen LogP) is 2.81. The second-order valence-corrected chi connectivity index (χ2v) is 5.98. The van der Waals surface area contributed by atoms with Crippen molar-refractivity contribution in [3.05, 3.63) is 0 Å². The van der Waals surface area contributed by atoms with Crippen LogP contribution >= 0.6 is 0 Å². The fourth-order valence-electron chi connectivity index (χ4n) is 2.55. The zero-order valence-electron chi connectivity index (χ0n) is 11.3. The van der Waals surface area contributed by atoms with Crippen LogP contribution in [0.5, 0.6) is 0 Å². The molecule has 0 aromatic rings. The molecule has 2 nitrogen and oxygen atoms in total. The third-order valence-corrected chi connectivity index (χ3v) is 4.48. The van der Waals surface area contributed by atoms with Crippen LogP contribution in [0, 0.1) is 17.3 Å². The van der Waals surface area contributed by atoms with E-state index in [-0.39, 0.29) is 12.0 Å². The van der Waals surface area contributed by atoms with Crippen LogP contribution in [0.3, 0.4) is 0 Å². The molecule has 2 N–H and O–H groups in total. The van der Waals surface area contributed by atoms with E-state index < -0.39 is 0 Å². The summed E-state index contributed by atoms with van der Waals surface area (Å²) >= 11 is 0. The average Bonchev–Trinajstić information content (AvgIpc) is 2.31. The van der Waals surface area contributed by atoms with Crippen LogP contribution in [0.15, 0.2) is 0 Å². The molecule has 0 spiro atoms. The molecule has 0 bridgehead atoms. The fourth-order valence-corrected chi connectivity index (χ4v) is 2.55. The van der Waals surface area contributed by atoms with Crippen molar-refractivity contribution >= 4 is 0 Å². The predicted molar refractivity (Wildman–Crippen MR) is 69.5 cm³/mol. The summed E-state index contributed by atoms with van der Waals surface area (Å²) in [5.41, 5.74) is 0.0674. The van der Waals surface area contributed by atoms with Gasteiger partial charge < -0.3 is 10.4 Å². The molecule has 2 heteroatoms. The first kappa shape index (κ1) is 14.0. The highest BCUT2D eigenvalue weighted by atomic mass is 16.3. The fraction of sp³-hybridized carbons (Fsp3) is 1.00. The van der Waals surface area contributed by atoms with Crippen molar-refractivity contribution in [2.45, 2.75) is 52.9 Å². The third-order valence-electron chi connectivity index (χ3n) is 4.48. The van der Waals surface area contributed by atoms with Gasteiger partial charge in [-0.3, -0.25) is 0 Å². The quantitative estimate of drug-likeness (QED) is 0.731. The third kappa shape index (κ3) is 4.06. The number of rotatable bonds is 6. The summed E-state index contributed by atoms with van der Waals surface area (Å²) < 4.78 is 0. The van der Waals surface area contributed by atoms with Gasteiger partial charge in [0.2, 0.25) is 0 Å². The van der Waals surface area contributed by atoms with Crippen molar-refractivity contribution in [1.29, 1.82) is 0 Å². The molecule has 0 saturated heterocycles. The Kier molecular flexibility index (Phi) is 5.77. The Hall–Kier alpha value is -0.0800. The van der Waals surface area contributed by atoms with Crippen molar-refractivity contribution in [1.82, 2.24) is 5.32 Å². The van der Waals surface area contributed by atoms with Gasteiger partial charge in [0.15, 0.2) is 0 Å². The molecule has 1 fully saturated rings. The minimum absolute atomic E-state index is 0.0674. The molecule has 1 aliphatic carbocycles. The summed E-state index contributed by atoms with van der Waals surface area (Å²) in [5, 5.41) is 12.9. The smallest absolute Gasteiger partial charge is 0.0496 e. The number of aliphatic hydroxyl groups is 1. The van der Waals surface area contributed by atoms with Crippen LogP contribution < -0.4 is 5.32 Å². The Morgan fingerprint density at radius 1 is 1.31 bits per heavy atom. The second-order valence-electron chi connectivity index (χ2n) is 5.98. The number of hydrogen-bond donors (Lipinski definition) is 2. The first-order valence-electron chi connectivity index (χ1n) is 6.93. The van der Waals surface area contributed by atoms with Crippen LogP contribution in [-0.2, 0) is 0 Å². The Morgan fingerprint density at radius 2 is 2.00 bits per heavy atom. The highest BCUT2D eigenvalue weighted by molar-refractivity contribution is 4.78. The van der Waals surface area contributed by atoms with Crippen LogP contribution in [0.25, 0.3) is 0 Å². The molecule has 0 aliphatic heterocycles. The molecule has 3 unspecified atom stereocenters. The minimum atomic E-state index is 0.0674. The van der Waals surface area contributed by atoms with Gasteiger partial charge in [-0.15, -0.1) is 0 Å². The topological polar surface area (TPSA) is 32.3 Å². The SMILES string of the molecule is CCC(C)(CO)CNCC1CCCCC1C. The molecule has 0 heterocycles. The minimum Gasteiger partial charge on any atom is -0.396 e. The molecule has 0 aromatic heterocycles. The van der Waals surface area contributed by atoms with Crippen LogP contribution in [0.1, 0.15) is 52.9 Å². The van der Waals surface area contributed by atoms with E-state index in [1.807, 2.05) is 0 Å². The summed E-state index contributed by atoms with van der Waals surface area (Å²) in [6.45, 7) is 9.07. The van der Waals surface area contributed by atoms with Crippen LogP contribution in [0.4, 0.5) is 0 Å². The van der Waals surface area contributed by atoms with Gasteiger partial charge in [0.05, 0.1) is 0 Å². The maximum Gasteiger partial charge on any atom is 0.0496 e. The van der Waals surface area contributed by atoms with Crippen molar-refractivity contribution in [3.63, 3.8) is 0 Å². The van der Waals surface area contributed by atoms with Crippen molar-refractivity contribution in [2.75, 3.05) is 19.7 Å². The van der Waals surface area contributed by atoms with Crippen molar-refractivity contribution < 1.29 is 5.11 Å². The largest absolute Gasteiger partial charge is 0.396 e. The maximum atomic E-state index is 9.33. The molecule has 0 aromatic carbocycles. The van der Waals surface area contributed by atoms with E-state index in [0.717, 1.165) is 31.3 Å². The van der Waals surface area contributed by atoms with Crippen molar-refractivity contribution in [3.8, 4) is 0 Å². The van der Waals surface area contributed by atoms with Crippen molar-refractivity contribution in [2.24, 2.45) is 17.3 Å². The molecular weight excluding hydrogens is 198 g/mol. The van der Waals surface area contributed by atoms with E-state index >= 15 is 0 Å². The zero-order chi connectivity index (χ0) is 12.0. The van der Waals surface area contributed by atoms with Gasteiger partial charge in [0.25, 0.3) is 0 Å². The summed E-state index contributed by atoms with van der Waals surface area (Å²) in [4.78, 5) is 0. The Morgan fingerprint density at radius 3 is 2.56 bits per heavy atom. The Bertz CT molecular complexity index is 189. The average molecular weight is 227 g/mol. The molecule has 96 valence electrons. The zero-order valence-corrected chi connectivity index (χ0v) is 11.3. The lowest BCUT2D eigenvalue weighted by atomic mass is 9.80. The highest BCUT2D eigenvalue weighted by Gasteiger charge is 2.23. The van der Waals surface area contributed by atoms with Gasteiger partial charge in [-0.2, -0.15) is 0 Å². The van der Waals surface area contributed by atoms with E-state index in [1.165, 1.54) is 25.7 Å². The van der Waals surface area contributed by atoms with E-state index in [1.54, 1.807) is 0 Å². The second kappa shape index (κ2) is 6.61. The first-order chi connectivity index (χ1) is 7.61. The molecule has 1 rings (SSSR count). The summed E-state index contributed by atoms with van der Waals surface area (Å²) in [6, 6.07) is 0. The number of nitrogens with one attached hydrogen (secondary N) is 1. The molecule has 3 atom stereocenters. The van der Waals surface area contributed by atoms with E-state index in [4.69, 9.17) is 0 Å². The molecular formula is C14H29NO. The van der Waals surface area contributed by atoms with Gasteiger partial charge in [-0.05, 0) is 31.2 Å². The van der Waals surface area contributed by atoms with E-state index in [9.17, 15) is 5.11 Å². The summed E-state index contributed by atoms with van der Waals surface area (Å²) in [7, 11) is 0. The normalized spacial score (nSPS) is 30.0. The van der Waals surface area contributed by atoms with E-state index in [0.29, 0.717) is 0 Å². The number of aliphatic hydroxyl groups excluding tert-OH is 1. The molecule has 1 aliphatic rings. The van der Waals surface area contributed by atoms with Gasteiger partial charge in [0.1, 0.15) is 0 Å². The molecule has 0 radical (unpaired) electrons. The number of hydrogen-bond acceptors (Lipinski definition) is 2. The highest BCUT2D eigenvalue weighted by Crippen LogP contribution is 2.29. The van der Waals surface area contributed by atoms with Gasteiger partial charge in [-0.25, -0.2) is 0 Å². The standard InChI is InChI=1S/C14H29NO/c1-4-14(3,11-16)10-15-9-13-8-6-5-7-12(13)2/h12-13,15-16H,4-11H2,1-3H3. The maximum absolute atomic E-state index is 9.33. The summed E-state index contributed by atoms with van der Waals surface area (Å²) in [6.07, 6.45) is 6.65. The van der Waals surface area contributed by atoms with Gasteiger partial charge >= 0.3 is 0 Å². The van der Waals surface area contributed by atoms with Crippen LogP contribution in [-0.4, -0.2) is 24.8 Å². The molecule has 16 heavy (non-hydrogen) atoms. The monoisotopic (exact) mass is 227 g/mol. The molecule has 0 amide bonds. The first-order valence-corrected chi connectivity index (χ1v) is 6.93. The summed E-state index contributed by atoms with van der Waals surface area (Å²) in [5.74, 6) is 1.73. The Balaban J connectivity index is 2.23. The van der Waals surface area contributed by atoms with Gasteiger partial charge in [-0.1, -0.05) is 40.0 Å². The van der Waals surface area contributed by atoms with E-state index in [2.05, 4.69) is 26.1 Å². The van der Waals surface area contributed by atoms with Gasteiger partial charge in [0, 0.05) is 18.6 Å². The lowest BCUT2D eigenvalue weighted by molar-refractivity contribution is 0.130. The lowest BCUT2D eigenvalue weighted by Gasteiger charge is -2.31. The molecule has 1 saturated carbocycles. The van der Waals surface area contributed by atoms with Crippen LogP contribution in [0.2, 0.25) is 0 Å². The Labute approximate surface area is 101 Å². The lowest BCUT2D eigenvalue weighted by Crippen LogP contribution is -2.38.